The molecule has 12 heteroatoms. The third kappa shape index (κ3) is 7.10. The molecule has 214 valence electrons. The van der Waals surface area contributed by atoms with Crippen LogP contribution in [0.4, 0.5) is 5.69 Å². The Labute approximate surface area is 242 Å². The molecular weight excluding hydrogens is 550 g/mol. The zero-order chi connectivity index (χ0) is 28.8. The van der Waals surface area contributed by atoms with Gasteiger partial charge in [-0.1, -0.05) is 53.0 Å². The van der Waals surface area contributed by atoms with E-state index in [1.54, 1.807) is 18.2 Å². The molecule has 0 aliphatic carbocycles. The van der Waals surface area contributed by atoms with Gasteiger partial charge in [0.25, 0.3) is 5.91 Å². The van der Waals surface area contributed by atoms with Crippen molar-refractivity contribution in [2.45, 2.75) is 44.3 Å². The lowest BCUT2D eigenvalue weighted by molar-refractivity contribution is 0.0562. The van der Waals surface area contributed by atoms with Crippen LogP contribution >= 0.6 is 11.6 Å². The summed E-state index contributed by atoms with van der Waals surface area (Å²) in [6.07, 6.45) is 8.17. The van der Waals surface area contributed by atoms with Crippen molar-refractivity contribution in [1.29, 1.82) is 0 Å². The largest absolute Gasteiger partial charge is 0.773 e. The quantitative estimate of drug-likeness (QED) is 0.309. The van der Waals surface area contributed by atoms with E-state index in [1.165, 1.54) is 0 Å². The van der Waals surface area contributed by atoms with Crippen molar-refractivity contribution in [2.24, 2.45) is 10.7 Å². The van der Waals surface area contributed by atoms with Gasteiger partial charge in [-0.25, -0.2) is 5.43 Å². The molecule has 0 bridgehead atoms. The summed E-state index contributed by atoms with van der Waals surface area (Å²) in [4.78, 5) is 20.4. The van der Waals surface area contributed by atoms with Crippen molar-refractivity contribution in [3.63, 3.8) is 0 Å². The Morgan fingerprint density at radius 1 is 1.25 bits per heavy atom. The smallest absolute Gasteiger partial charge is 0.256 e. The molecule has 4 atom stereocenters. The first-order chi connectivity index (χ1) is 19.2. The first kappa shape index (κ1) is 29.8. The van der Waals surface area contributed by atoms with Gasteiger partial charge in [0.2, 0.25) is 0 Å². The molecular formula is C28H35ClN7O3S-. The van der Waals surface area contributed by atoms with Crippen LogP contribution in [0, 0.1) is 0 Å². The van der Waals surface area contributed by atoms with Crippen LogP contribution < -0.4 is 22.2 Å². The first-order valence-corrected chi connectivity index (χ1v) is 15.0. The van der Waals surface area contributed by atoms with E-state index in [0.717, 1.165) is 48.3 Å². The van der Waals surface area contributed by atoms with Gasteiger partial charge in [-0.15, -0.1) is 0 Å². The molecule has 2 aromatic carbocycles. The number of rotatable bonds is 5. The van der Waals surface area contributed by atoms with E-state index in [9.17, 15) is 4.79 Å². The van der Waals surface area contributed by atoms with Gasteiger partial charge in [0.15, 0.2) is 0 Å². The van der Waals surface area contributed by atoms with Crippen molar-refractivity contribution < 1.29 is 13.6 Å². The third-order valence-electron chi connectivity index (χ3n) is 6.99. The number of nitrogens with zero attached hydrogens (tertiary/aromatic N) is 3. The number of nitrogens with two attached hydrogens (primary N) is 2. The predicted octanol–water partition coefficient (Wildman–Crippen LogP) is 3.05. The second-order valence-corrected chi connectivity index (χ2v) is 11.1. The molecule has 0 radical (unpaired) electrons. The van der Waals surface area contributed by atoms with Crippen LogP contribution in [0.25, 0.3) is 0 Å². The van der Waals surface area contributed by atoms with Gasteiger partial charge >= 0.3 is 0 Å². The Morgan fingerprint density at radius 2 is 1.98 bits per heavy atom. The second kappa shape index (κ2) is 13.4. The molecule has 1 saturated heterocycles. The van der Waals surface area contributed by atoms with Gasteiger partial charge in [0, 0.05) is 35.6 Å². The number of amidine groups is 1. The summed E-state index contributed by atoms with van der Waals surface area (Å²) in [5.74, 6) is 1.61. The normalized spacial score (nSPS) is 22.8. The lowest BCUT2D eigenvalue weighted by Crippen LogP contribution is -2.54. The van der Waals surface area contributed by atoms with Gasteiger partial charge in [-0.3, -0.25) is 19.0 Å². The highest BCUT2D eigenvalue weighted by atomic mass is 35.5. The molecule has 5 rings (SSSR count). The zero-order valence-corrected chi connectivity index (χ0v) is 24.1. The molecule has 1 fully saturated rings. The van der Waals surface area contributed by atoms with Crippen LogP contribution in [0.1, 0.15) is 48.1 Å². The first-order valence-electron chi connectivity index (χ1n) is 13.1. The number of nitrogens with one attached hydrogen (secondary N) is 2. The molecule has 10 nitrogen and oxygen atoms in total. The molecule has 0 saturated carbocycles. The fraction of sp³-hybridized carbons (Fsp3) is 0.357. The molecule has 1 amide bonds. The van der Waals surface area contributed by atoms with Crippen molar-refractivity contribution in [3.05, 3.63) is 88.4 Å². The third-order valence-corrected chi connectivity index (χ3v) is 7.23. The summed E-state index contributed by atoms with van der Waals surface area (Å²) in [6, 6.07) is 14.9. The van der Waals surface area contributed by atoms with E-state index >= 15 is 0 Å². The maximum atomic E-state index is 13.5. The number of fused-ring (bicyclic) bond motifs is 1. The van der Waals surface area contributed by atoms with Crippen molar-refractivity contribution in [3.8, 4) is 0 Å². The summed E-state index contributed by atoms with van der Waals surface area (Å²) in [7, 11) is 0. The average Bonchev–Trinajstić information content (AvgIpc) is 3.35. The molecule has 3 heterocycles. The Balaban J connectivity index is 0.000000867. The fourth-order valence-electron chi connectivity index (χ4n) is 5.08. The maximum absolute atomic E-state index is 13.5. The summed E-state index contributed by atoms with van der Waals surface area (Å²) in [5, 5.41) is 5.95. The van der Waals surface area contributed by atoms with Gasteiger partial charge in [-0.05, 0) is 62.3 Å². The standard InChI is InChI=1S/C27H32ClN7O.CH4O2S/c1-17-16-35-25(32-26(17)31-23(15-29)18-7-3-2-4-8-18)14-22(33-35)24-9-5-6-12-34(24)27(36)20-13-19(28)10-11-21(20)30;1-4(2)3/h2-4,7-8,10-11,13-14,16,22-24,33H,5-6,9,12,15,29-30H2,1H3,(H,31,32);1H3,(H,2,3)/p-1. The van der Waals surface area contributed by atoms with Gasteiger partial charge in [0.05, 0.1) is 23.7 Å². The van der Waals surface area contributed by atoms with Crippen LogP contribution in [0.5, 0.6) is 0 Å². The highest BCUT2D eigenvalue weighted by Crippen LogP contribution is 2.30. The Morgan fingerprint density at radius 3 is 2.67 bits per heavy atom. The van der Waals surface area contributed by atoms with E-state index in [0.29, 0.717) is 29.4 Å². The highest BCUT2D eigenvalue weighted by molar-refractivity contribution is 7.78. The lowest BCUT2D eigenvalue weighted by atomic mass is 9.94. The number of carbonyl (C=O) groups excluding carboxylic acids is 1. The monoisotopic (exact) mass is 584 g/mol. The van der Waals surface area contributed by atoms with Crippen LogP contribution in [0.2, 0.25) is 5.02 Å². The summed E-state index contributed by atoms with van der Waals surface area (Å²) < 4.78 is 18.0. The van der Waals surface area contributed by atoms with E-state index in [2.05, 4.69) is 16.8 Å². The second-order valence-electron chi connectivity index (χ2n) is 9.85. The number of benzene rings is 2. The zero-order valence-electron chi connectivity index (χ0n) is 22.5. The van der Waals surface area contributed by atoms with Gasteiger partial charge in [0.1, 0.15) is 11.7 Å². The van der Waals surface area contributed by atoms with E-state index < -0.39 is 11.1 Å². The Kier molecular flexibility index (Phi) is 9.99. The number of amides is 1. The predicted molar refractivity (Wildman–Crippen MR) is 159 cm³/mol. The van der Waals surface area contributed by atoms with Crippen LogP contribution in [0.3, 0.4) is 0 Å². The van der Waals surface area contributed by atoms with E-state index in [4.69, 9.17) is 36.8 Å². The number of hydrogen-bond donors (Lipinski definition) is 4. The van der Waals surface area contributed by atoms with Gasteiger partial charge in [-0.2, -0.15) is 0 Å². The van der Waals surface area contributed by atoms with E-state index in [-0.39, 0.29) is 24.0 Å². The minimum atomic E-state index is -1.86. The molecule has 40 heavy (non-hydrogen) atoms. The SMILES string of the molecule is CC1=CN2NC(C3CCCCN3C(=O)c3cc(Cl)ccc3N)C=C2NC1=NC(CN)c1ccccc1.CS(=O)[O-]. The Hall–Kier alpha value is -3.22. The van der Waals surface area contributed by atoms with Crippen molar-refractivity contribution in [1.82, 2.24) is 20.7 Å². The summed E-state index contributed by atoms with van der Waals surface area (Å²) in [5.41, 5.74) is 18.7. The van der Waals surface area contributed by atoms with Crippen molar-refractivity contribution in [2.75, 3.05) is 25.1 Å². The summed E-state index contributed by atoms with van der Waals surface area (Å²) >= 11 is 4.31. The maximum Gasteiger partial charge on any atom is 0.256 e. The Bertz CT molecular complexity index is 1330. The molecule has 0 spiro atoms. The van der Waals surface area contributed by atoms with Crippen molar-refractivity contribution >= 4 is 40.1 Å². The lowest BCUT2D eigenvalue weighted by Gasteiger charge is -2.39. The molecule has 0 aromatic heterocycles. The highest BCUT2D eigenvalue weighted by Gasteiger charge is 2.38. The molecule has 4 unspecified atom stereocenters. The number of hydrazine groups is 1. The number of nitrogen functional groups attached to an aromatic ring is 1. The number of hydrogen-bond acceptors (Lipinski definition) is 8. The molecule has 3 aliphatic heterocycles. The number of piperidine rings is 1. The van der Waals surface area contributed by atoms with Crippen LogP contribution in [0.15, 0.2) is 77.2 Å². The fourth-order valence-corrected chi connectivity index (χ4v) is 5.25. The number of carbonyl (C=O) groups is 1. The molecule has 2 aromatic rings. The van der Waals surface area contributed by atoms with E-state index in [1.807, 2.05) is 53.4 Å². The number of likely N-dealkylation sites (tertiary alicyclic amines) is 1. The summed E-state index contributed by atoms with van der Waals surface area (Å²) in [6.45, 7) is 3.12. The van der Waals surface area contributed by atoms with Crippen LogP contribution in [-0.4, -0.2) is 61.8 Å². The number of halogens is 1. The topological polar surface area (TPSA) is 152 Å². The van der Waals surface area contributed by atoms with Crippen LogP contribution in [-0.2, 0) is 11.1 Å². The number of anilines is 1. The molecule has 6 N–H and O–H groups in total. The average molecular weight is 585 g/mol. The molecule has 3 aliphatic rings. The number of aliphatic imine (C=N–C) groups is 1. The minimum Gasteiger partial charge on any atom is -0.773 e. The minimum absolute atomic E-state index is 0.0141. The van der Waals surface area contributed by atoms with Gasteiger partial charge < -0.3 is 26.2 Å².